The summed E-state index contributed by atoms with van der Waals surface area (Å²) in [5, 5.41) is 0. The molecule has 1 aliphatic carbocycles. The molecule has 2 aliphatic rings. The van der Waals surface area contributed by atoms with Crippen LogP contribution in [0.2, 0.25) is 0 Å². The Kier molecular flexibility index (Phi) is 4.54. The molecule has 0 aromatic carbocycles. The number of H-pyrrole nitrogens is 2. The number of hydrogen-bond acceptors (Lipinski definition) is 5. The van der Waals surface area contributed by atoms with Gasteiger partial charge in [0.15, 0.2) is 0 Å². The number of rotatable bonds is 8. The summed E-state index contributed by atoms with van der Waals surface area (Å²) in [4.78, 5) is 44.0. The first-order chi connectivity index (χ1) is 11.0. The topological polar surface area (TPSA) is 89.3 Å². The Morgan fingerprint density at radius 2 is 1.91 bits per heavy atom. The molecule has 3 rings (SSSR count). The molecule has 0 atom stereocenters. The van der Waals surface area contributed by atoms with Crippen molar-refractivity contribution in [3.63, 3.8) is 0 Å². The highest BCUT2D eigenvalue weighted by Gasteiger charge is 2.31. The number of anilines is 2. The minimum Gasteiger partial charge on any atom is -0.346 e. The Morgan fingerprint density at radius 3 is 2.61 bits per heavy atom. The maximum atomic E-state index is 12.2. The fraction of sp³-hybridized carbons (Fsp3) is 0.688. The Hall–Kier alpha value is -2.05. The zero-order valence-corrected chi connectivity index (χ0v) is 13.6. The largest absolute Gasteiger partial charge is 0.346 e. The number of nitrogens with one attached hydrogen (secondary N) is 2. The molecule has 0 bridgehead atoms. The number of nitrogens with zero attached hydrogens (tertiary/aromatic N) is 2. The van der Waals surface area contributed by atoms with Gasteiger partial charge < -0.3 is 14.6 Å². The predicted octanol–water partition coefficient (Wildman–Crippen LogP) is 1.21. The molecule has 0 unspecified atom stereocenters. The fourth-order valence-electron chi connectivity index (χ4n) is 3.12. The van der Waals surface area contributed by atoms with E-state index in [1.165, 1.54) is 12.8 Å². The smallest absolute Gasteiger partial charge is 0.327 e. The molecule has 7 heteroatoms. The Labute approximate surface area is 134 Å². The van der Waals surface area contributed by atoms with Gasteiger partial charge in [-0.05, 0) is 32.1 Å². The number of hydrogen-bond donors (Lipinski definition) is 2. The van der Waals surface area contributed by atoms with Crippen LogP contribution in [0.1, 0.15) is 45.4 Å². The van der Waals surface area contributed by atoms with Crippen LogP contribution < -0.4 is 21.0 Å². The second-order valence-electron chi connectivity index (χ2n) is 6.66. The first kappa shape index (κ1) is 15.8. The highest BCUT2D eigenvalue weighted by atomic mass is 16.2. The maximum absolute atomic E-state index is 12.2. The summed E-state index contributed by atoms with van der Waals surface area (Å²) in [6.45, 7) is 3.81. The normalized spacial score (nSPS) is 16.7. The van der Waals surface area contributed by atoms with Crippen molar-refractivity contribution < 1.29 is 4.79 Å². The van der Waals surface area contributed by atoms with Gasteiger partial charge in [-0.15, -0.1) is 0 Å². The first-order valence-corrected chi connectivity index (χ1v) is 8.40. The quantitative estimate of drug-likeness (QED) is 0.703. The fourth-order valence-corrected chi connectivity index (χ4v) is 3.12. The van der Waals surface area contributed by atoms with Crippen molar-refractivity contribution in [2.75, 3.05) is 29.6 Å². The van der Waals surface area contributed by atoms with Crippen LogP contribution in [0.15, 0.2) is 9.59 Å². The van der Waals surface area contributed by atoms with Crippen LogP contribution in [0.4, 0.5) is 11.5 Å². The molecule has 126 valence electrons. The number of carbonyl (C=O) groups is 1. The van der Waals surface area contributed by atoms with Crippen molar-refractivity contribution in [2.45, 2.75) is 45.4 Å². The summed E-state index contributed by atoms with van der Waals surface area (Å²) in [5.41, 5.74) is -0.200. The average molecular weight is 320 g/mol. The molecule has 7 nitrogen and oxygen atoms in total. The van der Waals surface area contributed by atoms with E-state index in [2.05, 4.69) is 14.9 Å². The summed E-state index contributed by atoms with van der Waals surface area (Å²) in [6.07, 6.45) is 5.95. The number of ketones is 1. The van der Waals surface area contributed by atoms with Gasteiger partial charge in [-0.3, -0.25) is 14.8 Å². The standard InChI is InChI=1S/C16H24N4O3/c1-11(21)4-2-3-8-20-10-19(9-7-12-5-6-12)13-14(20)17-16(23)18-15(13)22/h12H,2-10H2,1H3,(H2,17,18,22,23). The van der Waals surface area contributed by atoms with Crippen molar-refractivity contribution in [3.05, 3.63) is 20.8 Å². The molecule has 1 aromatic heterocycles. The van der Waals surface area contributed by atoms with Gasteiger partial charge in [-0.2, -0.15) is 0 Å². The van der Waals surface area contributed by atoms with E-state index in [-0.39, 0.29) is 11.3 Å². The third-order valence-electron chi connectivity index (χ3n) is 4.58. The molecule has 2 N–H and O–H groups in total. The van der Waals surface area contributed by atoms with E-state index in [4.69, 9.17) is 0 Å². The van der Waals surface area contributed by atoms with Crippen LogP contribution in [-0.2, 0) is 4.79 Å². The summed E-state index contributed by atoms with van der Waals surface area (Å²) in [6, 6.07) is 0. The van der Waals surface area contributed by atoms with E-state index < -0.39 is 5.69 Å². The number of carbonyl (C=O) groups excluding carboxylic acids is 1. The number of Topliss-reactive ketones (excluding diaryl/α,β-unsaturated/α-hetero) is 1. The van der Waals surface area contributed by atoms with Crippen LogP contribution >= 0.6 is 0 Å². The van der Waals surface area contributed by atoms with E-state index in [9.17, 15) is 14.4 Å². The number of aromatic amines is 2. The van der Waals surface area contributed by atoms with Gasteiger partial charge in [-0.25, -0.2) is 4.79 Å². The van der Waals surface area contributed by atoms with Gasteiger partial charge in [0, 0.05) is 19.5 Å². The minimum atomic E-state index is -0.466. The Balaban J connectivity index is 1.70. The monoisotopic (exact) mass is 320 g/mol. The molecule has 2 heterocycles. The van der Waals surface area contributed by atoms with E-state index >= 15 is 0 Å². The molecule has 1 aliphatic heterocycles. The molecule has 0 spiro atoms. The van der Waals surface area contributed by atoms with Crippen LogP contribution in [-0.4, -0.2) is 35.5 Å². The molecule has 1 fully saturated rings. The van der Waals surface area contributed by atoms with E-state index in [1.54, 1.807) is 6.92 Å². The third-order valence-corrected chi connectivity index (χ3v) is 4.58. The highest BCUT2D eigenvalue weighted by molar-refractivity contribution is 5.75. The van der Waals surface area contributed by atoms with E-state index in [0.29, 0.717) is 24.6 Å². The van der Waals surface area contributed by atoms with Crippen molar-refractivity contribution in [3.8, 4) is 0 Å². The predicted molar refractivity (Wildman–Crippen MR) is 89.1 cm³/mol. The molecule has 23 heavy (non-hydrogen) atoms. The average Bonchev–Trinajstić information content (AvgIpc) is 3.24. The highest BCUT2D eigenvalue weighted by Crippen LogP contribution is 2.35. The summed E-state index contributed by atoms with van der Waals surface area (Å²) in [5.74, 6) is 1.62. The van der Waals surface area contributed by atoms with Gasteiger partial charge in [-0.1, -0.05) is 12.8 Å². The van der Waals surface area contributed by atoms with E-state index in [0.717, 1.165) is 38.3 Å². The van der Waals surface area contributed by atoms with Gasteiger partial charge in [0.05, 0.1) is 6.67 Å². The van der Waals surface area contributed by atoms with Crippen molar-refractivity contribution >= 4 is 17.3 Å². The van der Waals surface area contributed by atoms with Gasteiger partial charge in [0.1, 0.15) is 17.3 Å². The lowest BCUT2D eigenvalue weighted by Gasteiger charge is -2.21. The molecule has 1 saturated carbocycles. The molecule has 1 aromatic rings. The SMILES string of the molecule is CC(=O)CCCCN1CN(CCC2CC2)c2c1[nH]c(=O)[nH]c2=O. The first-order valence-electron chi connectivity index (χ1n) is 8.40. The Bertz CT molecular complexity index is 689. The number of fused-ring (bicyclic) bond motifs is 1. The summed E-state index contributed by atoms with van der Waals surface area (Å²) < 4.78 is 0. The summed E-state index contributed by atoms with van der Waals surface area (Å²) in [7, 11) is 0. The van der Waals surface area contributed by atoms with Crippen molar-refractivity contribution in [1.82, 2.24) is 9.97 Å². The van der Waals surface area contributed by atoms with E-state index in [1.807, 2.05) is 4.90 Å². The van der Waals surface area contributed by atoms with Crippen LogP contribution in [0.25, 0.3) is 0 Å². The lowest BCUT2D eigenvalue weighted by molar-refractivity contribution is -0.117. The molecule has 0 saturated heterocycles. The zero-order chi connectivity index (χ0) is 16.4. The second-order valence-corrected chi connectivity index (χ2v) is 6.66. The summed E-state index contributed by atoms with van der Waals surface area (Å²) >= 11 is 0. The molecule has 0 radical (unpaired) electrons. The molecule has 0 amide bonds. The second kappa shape index (κ2) is 6.60. The zero-order valence-electron chi connectivity index (χ0n) is 13.6. The van der Waals surface area contributed by atoms with Gasteiger partial charge in [0.25, 0.3) is 5.56 Å². The van der Waals surface area contributed by atoms with Crippen molar-refractivity contribution in [1.29, 1.82) is 0 Å². The van der Waals surface area contributed by atoms with Gasteiger partial charge >= 0.3 is 5.69 Å². The number of aromatic nitrogens is 2. The molecular formula is C16H24N4O3. The van der Waals surface area contributed by atoms with Crippen LogP contribution in [0, 0.1) is 5.92 Å². The third kappa shape index (κ3) is 3.83. The minimum absolute atomic E-state index is 0.197. The molecular weight excluding hydrogens is 296 g/mol. The maximum Gasteiger partial charge on any atom is 0.327 e. The number of unbranched alkanes of at least 4 members (excludes halogenated alkanes) is 1. The Morgan fingerprint density at radius 1 is 1.13 bits per heavy atom. The van der Waals surface area contributed by atoms with Gasteiger partial charge in [0.2, 0.25) is 0 Å². The lowest BCUT2D eigenvalue weighted by Crippen LogP contribution is -2.33. The van der Waals surface area contributed by atoms with Crippen molar-refractivity contribution in [2.24, 2.45) is 5.92 Å². The van der Waals surface area contributed by atoms with Crippen LogP contribution in [0.5, 0.6) is 0 Å². The van der Waals surface area contributed by atoms with Crippen LogP contribution in [0.3, 0.4) is 0 Å². The lowest BCUT2D eigenvalue weighted by atomic mass is 10.2.